The maximum Gasteiger partial charge on any atom is 0.215 e. The van der Waals surface area contributed by atoms with Crippen LogP contribution in [0.2, 0.25) is 10.0 Å². The average molecular weight is 499 g/mol. The first-order valence-electron chi connectivity index (χ1n) is 11.0. The largest absolute Gasteiger partial charge is 0.491 e. The summed E-state index contributed by atoms with van der Waals surface area (Å²) in [6.07, 6.45) is 10.4. The van der Waals surface area contributed by atoms with Gasteiger partial charge in [0.15, 0.2) is 0 Å². The van der Waals surface area contributed by atoms with Crippen molar-refractivity contribution in [2.75, 3.05) is 13.2 Å². The number of nitrogens with one attached hydrogen (secondary N) is 1. The fraction of sp³-hybridized carbons (Fsp3) is 0.280. The van der Waals surface area contributed by atoms with E-state index in [0.29, 0.717) is 29.8 Å². The summed E-state index contributed by atoms with van der Waals surface area (Å²) in [5.41, 5.74) is 1.94. The van der Waals surface area contributed by atoms with Crippen LogP contribution in [0.3, 0.4) is 0 Å². The van der Waals surface area contributed by atoms with Crippen molar-refractivity contribution in [1.29, 1.82) is 0 Å². The average Bonchev–Trinajstić information content (AvgIpc) is 3.61. The van der Waals surface area contributed by atoms with Gasteiger partial charge < -0.3 is 23.8 Å². The highest BCUT2D eigenvalue weighted by Crippen LogP contribution is 2.40. The molecule has 0 saturated carbocycles. The number of hydrogen-bond acceptors (Lipinski definition) is 5. The number of halogens is 2. The molecule has 0 bridgehead atoms. The van der Waals surface area contributed by atoms with Crippen LogP contribution in [0.4, 0.5) is 0 Å². The lowest BCUT2D eigenvalue weighted by Gasteiger charge is -2.30. The van der Waals surface area contributed by atoms with Gasteiger partial charge in [0, 0.05) is 41.8 Å². The Morgan fingerprint density at radius 3 is 2.74 bits per heavy atom. The zero-order chi connectivity index (χ0) is 23.4. The van der Waals surface area contributed by atoms with E-state index in [0.717, 1.165) is 30.0 Å². The first-order chi connectivity index (χ1) is 16.6. The molecular weight excluding hydrogens is 475 g/mol. The number of imidazole rings is 2. The molecule has 9 heteroatoms. The van der Waals surface area contributed by atoms with Gasteiger partial charge in [-0.1, -0.05) is 41.4 Å². The fourth-order valence-corrected chi connectivity index (χ4v) is 4.57. The first kappa shape index (κ1) is 22.9. The van der Waals surface area contributed by atoms with Crippen molar-refractivity contribution in [3.05, 3.63) is 101 Å². The number of aromatic nitrogens is 4. The number of H-pyrrole nitrogens is 1. The number of aryl methyl sites for hydroxylation is 2. The van der Waals surface area contributed by atoms with Crippen molar-refractivity contribution >= 4 is 23.2 Å². The third kappa shape index (κ3) is 5.28. The van der Waals surface area contributed by atoms with Crippen LogP contribution in [0, 0.1) is 0 Å². The third-order valence-corrected chi connectivity index (χ3v) is 6.26. The van der Waals surface area contributed by atoms with E-state index < -0.39 is 5.79 Å². The Kier molecular flexibility index (Phi) is 6.87. The Bertz CT molecular complexity index is 1200. The summed E-state index contributed by atoms with van der Waals surface area (Å²) in [6.45, 7) is 1.12. The van der Waals surface area contributed by atoms with Gasteiger partial charge in [-0.05, 0) is 36.2 Å². The highest BCUT2D eigenvalue weighted by atomic mass is 35.5. The Balaban J connectivity index is 1.23. The first-order valence-corrected chi connectivity index (χ1v) is 11.8. The van der Waals surface area contributed by atoms with Gasteiger partial charge in [-0.2, -0.15) is 0 Å². The molecule has 1 fully saturated rings. The Labute approximate surface area is 207 Å². The molecule has 1 saturated heterocycles. The quantitative estimate of drug-likeness (QED) is 0.349. The SMILES string of the molecule is Clc1ccc(C2(Cn3ccnc3)OCC(COc3ccc(CCc4ncc[nH]4)cc3)O2)c(Cl)c1. The second-order valence-corrected chi connectivity index (χ2v) is 9.00. The van der Waals surface area contributed by atoms with E-state index >= 15 is 0 Å². The molecule has 0 spiro atoms. The monoisotopic (exact) mass is 498 g/mol. The molecule has 7 nitrogen and oxygen atoms in total. The van der Waals surface area contributed by atoms with Crippen LogP contribution in [0.1, 0.15) is 17.0 Å². The van der Waals surface area contributed by atoms with Gasteiger partial charge in [0.25, 0.3) is 0 Å². The van der Waals surface area contributed by atoms with E-state index in [1.807, 2.05) is 35.2 Å². The lowest BCUT2D eigenvalue weighted by Crippen LogP contribution is -2.34. The van der Waals surface area contributed by atoms with Crippen LogP contribution in [0.25, 0.3) is 0 Å². The molecule has 176 valence electrons. The number of aromatic amines is 1. The summed E-state index contributed by atoms with van der Waals surface area (Å²) in [5.74, 6) is 0.701. The summed E-state index contributed by atoms with van der Waals surface area (Å²) in [4.78, 5) is 11.5. The second kappa shape index (κ2) is 10.2. The summed E-state index contributed by atoms with van der Waals surface area (Å²) in [5, 5.41) is 1.04. The van der Waals surface area contributed by atoms with Gasteiger partial charge in [-0.25, -0.2) is 9.97 Å². The molecule has 0 amide bonds. The Morgan fingerprint density at radius 1 is 1.12 bits per heavy atom. The van der Waals surface area contributed by atoms with Gasteiger partial charge in [0.05, 0.1) is 24.5 Å². The molecule has 5 rings (SSSR count). The van der Waals surface area contributed by atoms with Crippen molar-refractivity contribution in [3.63, 3.8) is 0 Å². The minimum absolute atomic E-state index is 0.270. The van der Waals surface area contributed by atoms with Crippen LogP contribution in [-0.2, 0) is 34.6 Å². The molecule has 4 aromatic rings. The summed E-state index contributed by atoms with van der Waals surface area (Å²) in [6, 6.07) is 13.4. The fourth-order valence-electron chi connectivity index (χ4n) is 4.01. The molecule has 2 atom stereocenters. The molecule has 1 aliphatic heterocycles. The van der Waals surface area contributed by atoms with Gasteiger partial charge in [-0.3, -0.25) is 0 Å². The van der Waals surface area contributed by atoms with Crippen LogP contribution in [0.15, 0.2) is 73.6 Å². The molecule has 0 radical (unpaired) electrons. The van der Waals surface area contributed by atoms with E-state index in [4.69, 9.17) is 37.4 Å². The predicted molar refractivity (Wildman–Crippen MR) is 129 cm³/mol. The third-order valence-electron chi connectivity index (χ3n) is 5.72. The lowest BCUT2D eigenvalue weighted by molar-refractivity contribution is -0.189. The standard InChI is InChI=1S/C25H24Cl2N4O3/c26-19-4-7-22(23(27)13-19)25(16-31-12-11-28-17-31)33-15-21(34-25)14-32-20-5-1-18(2-6-20)3-8-24-29-9-10-30-24/h1-2,4-7,9-13,17,21H,3,8,14-16H2,(H,29,30). The molecule has 34 heavy (non-hydrogen) atoms. The van der Waals surface area contributed by atoms with Crippen molar-refractivity contribution < 1.29 is 14.2 Å². The number of benzene rings is 2. The van der Waals surface area contributed by atoms with E-state index in [9.17, 15) is 0 Å². The van der Waals surface area contributed by atoms with Crippen molar-refractivity contribution in [2.45, 2.75) is 31.3 Å². The van der Waals surface area contributed by atoms with Gasteiger partial charge >= 0.3 is 0 Å². The molecule has 1 N–H and O–H groups in total. The van der Waals surface area contributed by atoms with Crippen molar-refractivity contribution in [3.8, 4) is 5.75 Å². The van der Waals surface area contributed by atoms with Gasteiger partial charge in [0.1, 0.15) is 24.3 Å². The van der Waals surface area contributed by atoms with Crippen LogP contribution < -0.4 is 4.74 Å². The molecule has 2 aromatic heterocycles. The number of hydrogen-bond donors (Lipinski definition) is 1. The second-order valence-electron chi connectivity index (χ2n) is 8.15. The zero-order valence-electron chi connectivity index (χ0n) is 18.4. The molecule has 0 aliphatic carbocycles. The van der Waals surface area contributed by atoms with Crippen LogP contribution >= 0.6 is 23.2 Å². The van der Waals surface area contributed by atoms with Crippen molar-refractivity contribution in [2.24, 2.45) is 0 Å². The zero-order valence-corrected chi connectivity index (χ0v) is 19.9. The summed E-state index contributed by atoms with van der Waals surface area (Å²) < 4.78 is 20.6. The number of ether oxygens (including phenoxy) is 3. The van der Waals surface area contributed by atoms with Gasteiger partial charge in [-0.15, -0.1) is 0 Å². The van der Waals surface area contributed by atoms with E-state index in [2.05, 4.69) is 27.1 Å². The predicted octanol–water partition coefficient (Wildman–Crippen LogP) is 5.05. The van der Waals surface area contributed by atoms with Crippen molar-refractivity contribution in [1.82, 2.24) is 19.5 Å². The lowest BCUT2D eigenvalue weighted by atomic mass is 10.1. The van der Waals surface area contributed by atoms with Gasteiger partial charge in [0.2, 0.25) is 5.79 Å². The molecule has 1 aliphatic rings. The molecule has 2 unspecified atom stereocenters. The van der Waals surface area contributed by atoms with Crippen LogP contribution in [0.5, 0.6) is 5.75 Å². The molecule has 3 heterocycles. The summed E-state index contributed by atoms with van der Waals surface area (Å²) in [7, 11) is 0. The Morgan fingerprint density at radius 2 is 2.00 bits per heavy atom. The smallest absolute Gasteiger partial charge is 0.215 e. The number of nitrogens with zero attached hydrogens (tertiary/aromatic N) is 3. The molecule has 2 aromatic carbocycles. The maximum atomic E-state index is 6.53. The summed E-state index contributed by atoms with van der Waals surface area (Å²) >= 11 is 12.6. The van der Waals surface area contributed by atoms with E-state index in [1.165, 1.54) is 5.56 Å². The topological polar surface area (TPSA) is 74.2 Å². The minimum atomic E-state index is -1.06. The maximum absolute atomic E-state index is 6.53. The molecular formula is C25H24Cl2N4O3. The normalized spacial score (nSPS) is 20.0. The van der Waals surface area contributed by atoms with E-state index in [-0.39, 0.29) is 6.10 Å². The highest BCUT2D eigenvalue weighted by Gasteiger charge is 2.45. The number of rotatable bonds is 9. The minimum Gasteiger partial charge on any atom is -0.491 e. The van der Waals surface area contributed by atoms with E-state index in [1.54, 1.807) is 30.9 Å². The van der Waals surface area contributed by atoms with Crippen LogP contribution in [-0.4, -0.2) is 38.8 Å². The highest BCUT2D eigenvalue weighted by molar-refractivity contribution is 6.35. The Hall–Kier alpha value is -2.84.